The van der Waals surface area contributed by atoms with Crippen LogP contribution in [0.15, 0.2) is 58.3 Å². The van der Waals surface area contributed by atoms with Crippen LogP contribution in [0.2, 0.25) is 5.02 Å². The van der Waals surface area contributed by atoms with Gasteiger partial charge in [0.05, 0.1) is 5.02 Å². The summed E-state index contributed by atoms with van der Waals surface area (Å²) in [6, 6.07) is 15.3. The zero-order valence-electron chi connectivity index (χ0n) is 9.72. The largest absolute Gasteiger partial charge is 0.425 e. The minimum absolute atomic E-state index is 0.376. The summed E-state index contributed by atoms with van der Waals surface area (Å²) in [5.41, 5.74) is 0. The molecule has 0 bridgehead atoms. The van der Waals surface area contributed by atoms with E-state index < -0.39 is 0 Å². The lowest BCUT2D eigenvalue weighted by atomic mass is 10.3. The first-order chi connectivity index (χ1) is 8.66. The van der Waals surface area contributed by atoms with Crippen LogP contribution in [-0.4, -0.2) is 5.97 Å². The molecule has 0 aliphatic heterocycles. The van der Waals surface area contributed by atoms with E-state index in [1.54, 1.807) is 6.07 Å². The van der Waals surface area contributed by atoms with Crippen molar-refractivity contribution in [2.24, 2.45) is 0 Å². The zero-order valence-corrected chi connectivity index (χ0v) is 11.3. The maximum atomic E-state index is 10.9. The summed E-state index contributed by atoms with van der Waals surface area (Å²) in [7, 11) is 0. The molecular formula is C14H11ClO2S. The van der Waals surface area contributed by atoms with Gasteiger partial charge in [-0.1, -0.05) is 47.6 Å². The van der Waals surface area contributed by atoms with Crippen LogP contribution in [0.25, 0.3) is 0 Å². The molecule has 0 aliphatic carbocycles. The number of halogens is 1. The van der Waals surface area contributed by atoms with Crippen LogP contribution in [0.1, 0.15) is 6.92 Å². The van der Waals surface area contributed by atoms with Gasteiger partial charge in [-0.05, 0) is 24.3 Å². The van der Waals surface area contributed by atoms with E-state index in [1.807, 2.05) is 42.5 Å². The van der Waals surface area contributed by atoms with Crippen molar-refractivity contribution in [3.8, 4) is 5.75 Å². The lowest BCUT2D eigenvalue weighted by molar-refractivity contribution is -0.131. The topological polar surface area (TPSA) is 26.3 Å². The Bertz CT molecular complexity index is 555. The van der Waals surface area contributed by atoms with E-state index in [4.69, 9.17) is 16.3 Å². The molecule has 0 aliphatic rings. The molecule has 2 aromatic carbocycles. The fraction of sp³-hybridized carbons (Fsp3) is 0.0714. The highest BCUT2D eigenvalue weighted by molar-refractivity contribution is 7.99. The second kappa shape index (κ2) is 5.94. The van der Waals surface area contributed by atoms with Crippen molar-refractivity contribution in [1.82, 2.24) is 0 Å². The monoisotopic (exact) mass is 278 g/mol. The van der Waals surface area contributed by atoms with Crippen molar-refractivity contribution in [1.29, 1.82) is 0 Å². The standard InChI is InChI=1S/C14H11ClO2S/c1-10(16)17-12-8-5-9-13(14(12)15)18-11-6-3-2-4-7-11/h2-9H,1H3. The van der Waals surface area contributed by atoms with Gasteiger partial charge in [0.25, 0.3) is 0 Å². The van der Waals surface area contributed by atoms with Gasteiger partial charge in [-0.2, -0.15) is 0 Å². The SMILES string of the molecule is CC(=O)Oc1cccc(Sc2ccccc2)c1Cl. The maximum absolute atomic E-state index is 10.9. The first-order valence-electron chi connectivity index (χ1n) is 5.36. The van der Waals surface area contributed by atoms with Crippen LogP contribution < -0.4 is 4.74 Å². The third-order valence-electron chi connectivity index (χ3n) is 2.15. The van der Waals surface area contributed by atoms with Gasteiger partial charge < -0.3 is 4.74 Å². The van der Waals surface area contributed by atoms with Crippen molar-refractivity contribution >= 4 is 29.3 Å². The number of ether oxygens (including phenoxy) is 1. The van der Waals surface area contributed by atoms with Gasteiger partial charge in [-0.25, -0.2) is 0 Å². The number of hydrogen-bond acceptors (Lipinski definition) is 3. The first kappa shape index (κ1) is 13.0. The molecule has 0 spiro atoms. The highest BCUT2D eigenvalue weighted by atomic mass is 35.5. The van der Waals surface area contributed by atoms with Gasteiger partial charge in [0.2, 0.25) is 0 Å². The molecule has 2 nitrogen and oxygen atoms in total. The summed E-state index contributed by atoms with van der Waals surface area (Å²) in [6.45, 7) is 1.35. The van der Waals surface area contributed by atoms with E-state index in [1.165, 1.54) is 18.7 Å². The molecule has 0 saturated heterocycles. The van der Waals surface area contributed by atoms with Crippen LogP contribution in [0.5, 0.6) is 5.75 Å². The average molecular weight is 279 g/mol. The number of rotatable bonds is 3. The minimum Gasteiger partial charge on any atom is -0.425 e. The lowest BCUT2D eigenvalue weighted by Gasteiger charge is -2.08. The molecule has 0 saturated carbocycles. The molecule has 0 atom stereocenters. The minimum atomic E-state index is -0.376. The summed E-state index contributed by atoms with van der Waals surface area (Å²) in [5.74, 6) is 0.0175. The molecule has 0 N–H and O–H groups in total. The number of benzene rings is 2. The lowest BCUT2D eigenvalue weighted by Crippen LogP contribution is -2.01. The van der Waals surface area contributed by atoms with Crippen LogP contribution in [-0.2, 0) is 4.79 Å². The summed E-state index contributed by atoms with van der Waals surface area (Å²) in [4.78, 5) is 12.9. The van der Waals surface area contributed by atoms with Crippen LogP contribution in [0, 0.1) is 0 Å². The van der Waals surface area contributed by atoms with E-state index >= 15 is 0 Å². The summed E-state index contributed by atoms with van der Waals surface area (Å²) < 4.78 is 5.04. The summed E-state index contributed by atoms with van der Waals surface area (Å²) in [6.07, 6.45) is 0. The molecule has 2 aromatic rings. The Balaban J connectivity index is 2.26. The fourth-order valence-corrected chi connectivity index (χ4v) is 2.58. The van der Waals surface area contributed by atoms with Gasteiger partial charge in [0, 0.05) is 16.7 Å². The number of hydrogen-bond donors (Lipinski definition) is 0. The Labute approximate surface area is 115 Å². The fourth-order valence-electron chi connectivity index (χ4n) is 1.42. The molecule has 0 radical (unpaired) electrons. The van der Waals surface area contributed by atoms with Gasteiger partial charge in [0.15, 0.2) is 5.75 Å². The molecule has 0 amide bonds. The van der Waals surface area contributed by atoms with Crippen LogP contribution in [0.3, 0.4) is 0 Å². The zero-order chi connectivity index (χ0) is 13.0. The maximum Gasteiger partial charge on any atom is 0.308 e. The van der Waals surface area contributed by atoms with E-state index in [-0.39, 0.29) is 5.97 Å². The predicted octanol–water partition coefficient (Wildman–Crippen LogP) is 4.42. The molecule has 0 unspecified atom stereocenters. The Kier molecular flexibility index (Phi) is 4.28. The number of esters is 1. The third-order valence-corrected chi connectivity index (χ3v) is 3.72. The molecule has 18 heavy (non-hydrogen) atoms. The smallest absolute Gasteiger partial charge is 0.308 e. The summed E-state index contributed by atoms with van der Waals surface area (Å²) >= 11 is 7.74. The van der Waals surface area contributed by atoms with Crippen molar-refractivity contribution in [2.75, 3.05) is 0 Å². The van der Waals surface area contributed by atoms with Gasteiger partial charge in [-0.15, -0.1) is 0 Å². The molecule has 4 heteroatoms. The van der Waals surface area contributed by atoms with Crippen molar-refractivity contribution in [3.05, 3.63) is 53.6 Å². The van der Waals surface area contributed by atoms with E-state index in [0.717, 1.165) is 9.79 Å². The second-order valence-electron chi connectivity index (χ2n) is 3.58. The van der Waals surface area contributed by atoms with E-state index in [0.29, 0.717) is 10.8 Å². The normalized spacial score (nSPS) is 10.1. The predicted molar refractivity (Wildman–Crippen MR) is 73.3 cm³/mol. The third kappa shape index (κ3) is 3.28. The van der Waals surface area contributed by atoms with Crippen molar-refractivity contribution < 1.29 is 9.53 Å². The average Bonchev–Trinajstić information content (AvgIpc) is 2.35. The number of carbonyl (C=O) groups is 1. The highest BCUT2D eigenvalue weighted by Gasteiger charge is 2.10. The Hall–Kier alpha value is -1.45. The van der Waals surface area contributed by atoms with Gasteiger partial charge >= 0.3 is 5.97 Å². The number of carbonyl (C=O) groups excluding carboxylic acids is 1. The quantitative estimate of drug-likeness (QED) is 0.614. The van der Waals surface area contributed by atoms with E-state index in [2.05, 4.69) is 0 Å². The molecule has 0 heterocycles. The van der Waals surface area contributed by atoms with Crippen LogP contribution in [0.4, 0.5) is 0 Å². The van der Waals surface area contributed by atoms with Gasteiger partial charge in [-0.3, -0.25) is 4.79 Å². The molecular weight excluding hydrogens is 268 g/mol. The Morgan fingerprint density at radius 1 is 1.11 bits per heavy atom. The van der Waals surface area contributed by atoms with E-state index in [9.17, 15) is 4.79 Å². The van der Waals surface area contributed by atoms with Crippen LogP contribution >= 0.6 is 23.4 Å². The second-order valence-corrected chi connectivity index (χ2v) is 5.07. The first-order valence-corrected chi connectivity index (χ1v) is 6.56. The molecule has 92 valence electrons. The summed E-state index contributed by atoms with van der Waals surface area (Å²) in [5, 5.41) is 0.460. The highest BCUT2D eigenvalue weighted by Crippen LogP contribution is 2.38. The van der Waals surface area contributed by atoms with Crippen molar-refractivity contribution in [3.63, 3.8) is 0 Å². The van der Waals surface area contributed by atoms with Crippen molar-refractivity contribution in [2.45, 2.75) is 16.7 Å². The molecule has 0 fully saturated rings. The Morgan fingerprint density at radius 2 is 1.83 bits per heavy atom. The van der Waals surface area contributed by atoms with Gasteiger partial charge in [0.1, 0.15) is 0 Å². The molecule has 0 aromatic heterocycles. The molecule has 2 rings (SSSR count). The Morgan fingerprint density at radius 3 is 2.50 bits per heavy atom.